The number of esters is 1. The summed E-state index contributed by atoms with van der Waals surface area (Å²) in [7, 11) is 0. The van der Waals surface area contributed by atoms with E-state index in [0.717, 1.165) is 0 Å². The highest BCUT2D eigenvalue weighted by molar-refractivity contribution is 5.82. The lowest BCUT2D eigenvalue weighted by Crippen LogP contribution is -2.28. The molecule has 0 radical (unpaired) electrons. The third kappa shape index (κ3) is 4.05. The minimum absolute atomic E-state index is 0.0607. The van der Waals surface area contributed by atoms with E-state index >= 15 is 0 Å². The third-order valence-electron chi connectivity index (χ3n) is 2.48. The van der Waals surface area contributed by atoms with Crippen LogP contribution in [0.1, 0.15) is 34.6 Å². The minimum atomic E-state index is -0.505. The van der Waals surface area contributed by atoms with Crippen LogP contribution < -0.4 is 0 Å². The summed E-state index contributed by atoms with van der Waals surface area (Å²) < 4.78 is 10.0. The van der Waals surface area contributed by atoms with Crippen LogP contribution in [0, 0.1) is 0 Å². The van der Waals surface area contributed by atoms with Gasteiger partial charge in [-0.15, -0.1) is 0 Å². The largest absolute Gasteiger partial charge is 0.463 e. The van der Waals surface area contributed by atoms with Crippen LogP contribution >= 0.6 is 0 Å². The summed E-state index contributed by atoms with van der Waals surface area (Å²) in [5.74, 6) is -0.388. The molecule has 5 heteroatoms. The van der Waals surface area contributed by atoms with E-state index < -0.39 is 5.60 Å². The summed E-state index contributed by atoms with van der Waals surface area (Å²) in [5, 5.41) is 0. The Balaban J connectivity index is 2.48. The van der Waals surface area contributed by atoms with Gasteiger partial charge in [-0.2, -0.15) is 0 Å². The molecule has 1 aliphatic heterocycles. The second-order valence-corrected chi connectivity index (χ2v) is 5.23. The van der Waals surface area contributed by atoms with Crippen LogP contribution in [-0.2, 0) is 14.3 Å². The molecule has 0 aromatic rings. The molecule has 0 spiro atoms. The first-order chi connectivity index (χ1) is 8.26. The van der Waals surface area contributed by atoms with Crippen molar-refractivity contribution in [3.63, 3.8) is 0 Å². The van der Waals surface area contributed by atoms with Gasteiger partial charge in [-0.05, 0) is 34.6 Å². The molecule has 1 saturated heterocycles. The molecule has 0 aromatic carbocycles. The smallest absolute Gasteiger partial charge is 0.411 e. The highest BCUT2D eigenvalue weighted by Gasteiger charge is 2.47. The van der Waals surface area contributed by atoms with Crippen molar-refractivity contribution in [2.45, 2.75) is 52.3 Å². The van der Waals surface area contributed by atoms with E-state index in [0.29, 0.717) is 6.61 Å². The lowest BCUT2D eigenvalue weighted by molar-refractivity contribution is -0.137. The van der Waals surface area contributed by atoms with E-state index in [4.69, 9.17) is 9.47 Å². The molecule has 0 aliphatic carbocycles. The van der Waals surface area contributed by atoms with Crippen molar-refractivity contribution in [2.75, 3.05) is 6.61 Å². The maximum atomic E-state index is 11.8. The maximum Gasteiger partial charge on any atom is 0.411 e. The lowest BCUT2D eigenvalue weighted by Gasteiger charge is -2.19. The Labute approximate surface area is 108 Å². The average Bonchev–Trinajstić information content (AvgIpc) is 2.84. The van der Waals surface area contributed by atoms with E-state index in [1.807, 2.05) is 27.7 Å². The van der Waals surface area contributed by atoms with Gasteiger partial charge in [0.15, 0.2) is 0 Å². The van der Waals surface area contributed by atoms with Crippen molar-refractivity contribution in [1.29, 1.82) is 0 Å². The fourth-order valence-electron chi connectivity index (χ4n) is 1.60. The molecule has 0 aromatic heterocycles. The highest BCUT2D eigenvalue weighted by atomic mass is 16.6. The van der Waals surface area contributed by atoms with E-state index in [-0.39, 0.29) is 24.1 Å². The summed E-state index contributed by atoms with van der Waals surface area (Å²) in [4.78, 5) is 24.5. The second-order valence-electron chi connectivity index (χ2n) is 5.23. The number of carbonyl (C=O) groups excluding carboxylic acids is 2. The molecule has 102 valence electrons. The van der Waals surface area contributed by atoms with E-state index in [1.165, 1.54) is 6.08 Å². The SMILES string of the molecule is CCOC(=O)/C=C/[C@@H]1[C@H](C)N1C(=O)OC(C)(C)C. The predicted molar refractivity (Wildman–Crippen MR) is 67.1 cm³/mol. The monoisotopic (exact) mass is 255 g/mol. The van der Waals surface area contributed by atoms with Crippen molar-refractivity contribution >= 4 is 12.1 Å². The fourth-order valence-corrected chi connectivity index (χ4v) is 1.60. The van der Waals surface area contributed by atoms with Gasteiger partial charge < -0.3 is 9.47 Å². The van der Waals surface area contributed by atoms with Gasteiger partial charge in [0.2, 0.25) is 0 Å². The number of carbonyl (C=O) groups is 2. The first-order valence-corrected chi connectivity index (χ1v) is 6.12. The average molecular weight is 255 g/mol. The van der Waals surface area contributed by atoms with Gasteiger partial charge in [0.25, 0.3) is 0 Å². The molecule has 18 heavy (non-hydrogen) atoms. The quantitative estimate of drug-likeness (QED) is 0.440. The van der Waals surface area contributed by atoms with Gasteiger partial charge >= 0.3 is 12.1 Å². The third-order valence-corrected chi connectivity index (χ3v) is 2.48. The molecular formula is C13H21NO4. The van der Waals surface area contributed by atoms with E-state index in [9.17, 15) is 9.59 Å². The van der Waals surface area contributed by atoms with Gasteiger partial charge in [-0.25, -0.2) is 9.59 Å². The molecule has 0 bridgehead atoms. The lowest BCUT2D eigenvalue weighted by atomic mass is 10.2. The van der Waals surface area contributed by atoms with Gasteiger partial charge in [-0.1, -0.05) is 6.08 Å². The van der Waals surface area contributed by atoms with Crippen LogP contribution in [0.25, 0.3) is 0 Å². The number of hydrogen-bond acceptors (Lipinski definition) is 4. The number of hydrogen-bond donors (Lipinski definition) is 0. The minimum Gasteiger partial charge on any atom is -0.463 e. The Kier molecular flexibility index (Phi) is 4.38. The zero-order valence-corrected chi connectivity index (χ0v) is 11.6. The Morgan fingerprint density at radius 2 is 1.94 bits per heavy atom. The number of ether oxygens (including phenoxy) is 2. The van der Waals surface area contributed by atoms with Crippen LogP contribution in [0.4, 0.5) is 4.79 Å². The molecular weight excluding hydrogens is 234 g/mol. The van der Waals surface area contributed by atoms with E-state index in [2.05, 4.69) is 0 Å². The highest BCUT2D eigenvalue weighted by Crippen LogP contribution is 2.31. The topological polar surface area (TPSA) is 55.6 Å². The summed E-state index contributed by atoms with van der Waals surface area (Å²) in [5.41, 5.74) is -0.505. The predicted octanol–water partition coefficient (Wildman–Crippen LogP) is 2.11. The maximum absolute atomic E-state index is 11.8. The molecule has 1 fully saturated rings. The molecule has 5 nitrogen and oxygen atoms in total. The van der Waals surface area contributed by atoms with Gasteiger partial charge in [0.05, 0.1) is 18.7 Å². The normalized spacial score (nSPS) is 23.1. The molecule has 0 unspecified atom stereocenters. The zero-order valence-electron chi connectivity index (χ0n) is 11.6. The summed E-state index contributed by atoms with van der Waals surface area (Å²) in [6.45, 7) is 9.47. The van der Waals surface area contributed by atoms with Crippen LogP contribution in [0.15, 0.2) is 12.2 Å². The summed E-state index contributed by atoms with van der Waals surface area (Å²) >= 11 is 0. The second kappa shape index (κ2) is 5.42. The molecule has 0 saturated carbocycles. The van der Waals surface area contributed by atoms with Crippen molar-refractivity contribution in [3.05, 3.63) is 12.2 Å². The van der Waals surface area contributed by atoms with Crippen LogP contribution in [0.2, 0.25) is 0 Å². The van der Waals surface area contributed by atoms with Gasteiger partial charge in [0, 0.05) is 6.08 Å². The Morgan fingerprint density at radius 1 is 1.33 bits per heavy atom. The van der Waals surface area contributed by atoms with Crippen LogP contribution in [-0.4, -0.2) is 41.3 Å². The summed E-state index contributed by atoms with van der Waals surface area (Å²) in [6, 6.07) is -0.0187. The van der Waals surface area contributed by atoms with Gasteiger partial charge in [-0.3, -0.25) is 4.90 Å². The van der Waals surface area contributed by atoms with Crippen molar-refractivity contribution in [2.24, 2.45) is 0 Å². The molecule has 2 atom stereocenters. The Morgan fingerprint density at radius 3 is 2.44 bits per heavy atom. The first-order valence-electron chi connectivity index (χ1n) is 6.12. The molecule has 1 amide bonds. The first kappa shape index (κ1) is 14.5. The Hall–Kier alpha value is -1.52. The molecule has 1 aliphatic rings. The Bertz CT molecular complexity index is 356. The fraction of sp³-hybridized carbons (Fsp3) is 0.692. The molecule has 0 N–H and O–H groups in total. The zero-order chi connectivity index (χ0) is 13.9. The van der Waals surface area contributed by atoms with E-state index in [1.54, 1.807) is 17.9 Å². The van der Waals surface area contributed by atoms with Crippen molar-refractivity contribution in [1.82, 2.24) is 4.90 Å². The van der Waals surface area contributed by atoms with Crippen molar-refractivity contribution < 1.29 is 19.1 Å². The number of nitrogens with zero attached hydrogens (tertiary/aromatic N) is 1. The number of amides is 1. The van der Waals surface area contributed by atoms with Gasteiger partial charge in [0.1, 0.15) is 5.60 Å². The molecule has 1 heterocycles. The summed E-state index contributed by atoms with van der Waals surface area (Å²) in [6.07, 6.45) is 2.68. The van der Waals surface area contributed by atoms with Crippen LogP contribution in [0.5, 0.6) is 0 Å². The standard InChI is InChI=1S/C13H21NO4/c1-6-17-11(15)8-7-10-9(2)14(10)12(16)18-13(3,4)5/h7-10H,6H2,1-5H3/b8-7+/t9-,10+,14?/m0/s1. The molecule has 1 rings (SSSR count). The number of rotatable bonds is 3. The van der Waals surface area contributed by atoms with Crippen LogP contribution in [0.3, 0.4) is 0 Å². The van der Waals surface area contributed by atoms with Crippen molar-refractivity contribution in [3.8, 4) is 0 Å².